The highest BCUT2D eigenvalue weighted by molar-refractivity contribution is 9.10. The molecule has 0 aliphatic carbocycles. The minimum atomic E-state index is -0.600. The van der Waals surface area contributed by atoms with Crippen LogP contribution in [-0.4, -0.2) is 42.9 Å². The van der Waals surface area contributed by atoms with Gasteiger partial charge in [-0.05, 0) is 36.4 Å². The Balaban J connectivity index is 1.72. The monoisotopic (exact) mass is 408 g/mol. The topological polar surface area (TPSA) is 88.8 Å². The molecule has 0 aliphatic rings. The fourth-order valence-electron chi connectivity index (χ4n) is 1.87. The zero-order valence-corrected chi connectivity index (χ0v) is 15.1. The van der Waals surface area contributed by atoms with Gasteiger partial charge in [-0.15, -0.1) is 0 Å². The molecule has 2 aromatic rings. The third-order valence-electron chi connectivity index (χ3n) is 3.25. The fraction of sp³-hybridized carbons (Fsp3) is 0.235. The van der Waals surface area contributed by atoms with E-state index in [9.17, 15) is 14.4 Å². The van der Waals surface area contributed by atoms with Crippen LogP contribution in [0.5, 0.6) is 0 Å². The second-order valence-electron chi connectivity index (χ2n) is 5.19. The molecule has 0 fully saturated rings. The lowest BCUT2D eigenvalue weighted by Crippen LogP contribution is -2.39. The predicted molar refractivity (Wildman–Crippen MR) is 92.6 cm³/mol. The highest BCUT2D eigenvalue weighted by atomic mass is 79.9. The van der Waals surface area contributed by atoms with Gasteiger partial charge in [-0.25, -0.2) is 4.79 Å². The van der Waals surface area contributed by atoms with Crippen molar-refractivity contribution in [1.29, 1.82) is 0 Å². The van der Waals surface area contributed by atoms with Crippen molar-refractivity contribution in [1.82, 2.24) is 10.2 Å². The Kier molecular flexibility index (Phi) is 6.76. The molecule has 132 valence electrons. The quantitative estimate of drug-likeness (QED) is 0.707. The lowest BCUT2D eigenvalue weighted by molar-refractivity contribution is -0.137. The van der Waals surface area contributed by atoms with E-state index in [1.165, 1.54) is 18.2 Å². The van der Waals surface area contributed by atoms with E-state index in [-0.39, 0.29) is 19.0 Å². The number of benzene rings is 1. The van der Waals surface area contributed by atoms with Gasteiger partial charge in [-0.1, -0.05) is 15.9 Å². The van der Waals surface area contributed by atoms with Crippen LogP contribution in [0, 0.1) is 0 Å². The van der Waals surface area contributed by atoms with Crippen LogP contribution in [0.3, 0.4) is 0 Å². The molecule has 2 rings (SSSR count). The third kappa shape index (κ3) is 6.07. The number of furan rings is 1. The van der Waals surface area contributed by atoms with E-state index in [1.54, 1.807) is 36.4 Å². The molecule has 1 N–H and O–H groups in total. The van der Waals surface area contributed by atoms with Crippen LogP contribution < -0.4 is 5.32 Å². The van der Waals surface area contributed by atoms with E-state index >= 15 is 0 Å². The Morgan fingerprint density at radius 2 is 1.92 bits per heavy atom. The van der Waals surface area contributed by atoms with Crippen LogP contribution in [0.15, 0.2) is 51.6 Å². The first kappa shape index (κ1) is 18.7. The number of carbonyl (C=O) groups is 3. The Morgan fingerprint density at radius 3 is 2.56 bits per heavy atom. The summed E-state index contributed by atoms with van der Waals surface area (Å²) in [6.45, 7) is -0.335. The molecule has 0 bridgehead atoms. The van der Waals surface area contributed by atoms with Gasteiger partial charge in [0.15, 0.2) is 6.61 Å². The van der Waals surface area contributed by atoms with E-state index in [1.807, 2.05) is 0 Å². The highest BCUT2D eigenvalue weighted by Gasteiger charge is 2.16. The van der Waals surface area contributed by atoms with E-state index in [0.717, 1.165) is 4.47 Å². The number of nitrogens with one attached hydrogen (secondary N) is 1. The minimum Gasteiger partial charge on any atom is -0.467 e. The van der Waals surface area contributed by atoms with Gasteiger partial charge in [-0.3, -0.25) is 9.59 Å². The summed E-state index contributed by atoms with van der Waals surface area (Å²) in [5.74, 6) is -0.799. The molecule has 0 unspecified atom stereocenters. The number of hydrogen-bond acceptors (Lipinski definition) is 5. The fourth-order valence-corrected chi connectivity index (χ4v) is 2.13. The zero-order chi connectivity index (χ0) is 18.2. The summed E-state index contributed by atoms with van der Waals surface area (Å²) in [5.41, 5.74) is 0.342. The van der Waals surface area contributed by atoms with E-state index in [0.29, 0.717) is 11.3 Å². The molecule has 1 heterocycles. The lowest BCUT2D eigenvalue weighted by atomic mass is 10.2. The van der Waals surface area contributed by atoms with Crippen LogP contribution in [0.4, 0.5) is 0 Å². The van der Waals surface area contributed by atoms with Crippen molar-refractivity contribution >= 4 is 33.7 Å². The van der Waals surface area contributed by atoms with Crippen LogP contribution in [0.1, 0.15) is 16.1 Å². The second kappa shape index (κ2) is 9.03. The first-order valence-corrected chi connectivity index (χ1v) is 8.20. The van der Waals surface area contributed by atoms with Crippen LogP contribution >= 0.6 is 15.9 Å². The first-order valence-electron chi connectivity index (χ1n) is 7.41. The molecule has 25 heavy (non-hydrogen) atoms. The van der Waals surface area contributed by atoms with Crippen molar-refractivity contribution in [3.05, 3.63) is 58.5 Å². The summed E-state index contributed by atoms with van der Waals surface area (Å²) in [6.07, 6.45) is 1.51. The number of nitrogens with zero attached hydrogens (tertiary/aromatic N) is 1. The summed E-state index contributed by atoms with van der Waals surface area (Å²) in [6, 6.07) is 10.0. The average molecular weight is 409 g/mol. The predicted octanol–water partition coefficient (Wildman–Crippen LogP) is 1.97. The summed E-state index contributed by atoms with van der Waals surface area (Å²) in [4.78, 5) is 36.8. The van der Waals surface area contributed by atoms with E-state index < -0.39 is 18.5 Å². The Labute approximate surface area is 153 Å². The van der Waals surface area contributed by atoms with Crippen molar-refractivity contribution in [2.45, 2.75) is 6.54 Å². The molecule has 0 spiro atoms. The van der Waals surface area contributed by atoms with Gasteiger partial charge >= 0.3 is 5.97 Å². The van der Waals surface area contributed by atoms with Crippen LogP contribution in [0.2, 0.25) is 0 Å². The van der Waals surface area contributed by atoms with Gasteiger partial charge in [-0.2, -0.15) is 0 Å². The molecule has 7 nitrogen and oxygen atoms in total. The second-order valence-corrected chi connectivity index (χ2v) is 6.10. The molecule has 8 heteroatoms. The van der Waals surface area contributed by atoms with Gasteiger partial charge in [0.2, 0.25) is 5.91 Å². The van der Waals surface area contributed by atoms with Crippen molar-refractivity contribution in [2.75, 3.05) is 20.2 Å². The maximum Gasteiger partial charge on any atom is 0.338 e. The number of ether oxygens (including phenoxy) is 1. The molecule has 0 saturated heterocycles. The molecular weight excluding hydrogens is 392 g/mol. The van der Waals surface area contributed by atoms with Crippen molar-refractivity contribution in [3.8, 4) is 0 Å². The number of halogens is 1. The number of likely N-dealkylation sites (N-methyl/N-ethyl adjacent to an activating group) is 1. The summed E-state index contributed by atoms with van der Waals surface area (Å²) in [7, 11) is 1.46. The number of hydrogen-bond donors (Lipinski definition) is 1. The first-order chi connectivity index (χ1) is 12.0. The molecule has 0 saturated carbocycles. The standard InChI is InChI=1S/C17H17BrN2O5/c1-20(10-15(21)19-9-14-3-2-8-24-14)16(22)11-25-17(23)12-4-6-13(18)7-5-12/h2-8H,9-11H2,1H3,(H,19,21). The van der Waals surface area contributed by atoms with Gasteiger partial charge in [0.05, 0.1) is 24.9 Å². The summed E-state index contributed by atoms with van der Waals surface area (Å²) >= 11 is 3.27. The molecular formula is C17H17BrN2O5. The third-order valence-corrected chi connectivity index (χ3v) is 3.78. The molecule has 1 aromatic heterocycles. The highest BCUT2D eigenvalue weighted by Crippen LogP contribution is 2.11. The molecule has 0 aliphatic heterocycles. The largest absolute Gasteiger partial charge is 0.467 e. The van der Waals surface area contributed by atoms with Crippen molar-refractivity contribution < 1.29 is 23.5 Å². The van der Waals surface area contributed by atoms with Crippen LogP contribution in [0.25, 0.3) is 0 Å². The smallest absolute Gasteiger partial charge is 0.338 e. The van der Waals surface area contributed by atoms with Crippen molar-refractivity contribution in [3.63, 3.8) is 0 Å². The molecule has 1 aromatic carbocycles. The minimum absolute atomic E-state index is 0.143. The molecule has 0 radical (unpaired) electrons. The van der Waals surface area contributed by atoms with E-state index in [4.69, 9.17) is 9.15 Å². The van der Waals surface area contributed by atoms with E-state index in [2.05, 4.69) is 21.2 Å². The number of esters is 1. The van der Waals surface area contributed by atoms with Gasteiger partial charge in [0, 0.05) is 11.5 Å². The Bertz CT molecular complexity index is 728. The average Bonchev–Trinajstić information content (AvgIpc) is 3.11. The SMILES string of the molecule is CN(CC(=O)NCc1ccco1)C(=O)COC(=O)c1ccc(Br)cc1. The number of rotatable bonds is 7. The molecule has 0 atom stereocenters. The number of carbonyl (C=O) groups excluding carboxylic acids is 3. The normalized spacial score (nSPS) is 10.2. The Morgan fingerprint density at radius 1 is 1.20 bits per heavy atom. The van der Waals surface area contributed by atoms with Crippen LogP contribution in [-0.2, 0) is 20.9 Å². The van der Waals surface area contributed by atoms with Gasteiger partial charge < -0.3 is 19.4 Å². The molecule has 2 amide bonds. The van der Waals surface area contributed by atoms with Gasteiger partial charge in [0.25, 0.3) is 5.91 Å². The lowest BCUT2D eigenvalue weighted by Gasteiger charge is -2.16. The summed E-state index contributed by atoms with van der Waals surface area (Å²) in [5, 5.41) is 2.63. The maximum absolute atomic E-state index is 11.9. The maximum atomic E-state index is 11.9. The number of amides is 2. The Hall–Kier alpha value is -2.61. The van der Waals surface area contributed by atoms with Crippen molar-refractivity contribution in [2.24, 2.45) is 0 Å². The summed E-state index contributed by atoms with van der Waals surface area (Å²) < 4.78 is 10.9. The van der Waals surface area contributed by atoms with Gasteiger partial charge in [0.1, 0.15) is 5.76 Å². The zero-order valence-electron chi connectivity index (χ0n) is 13.5.